The van der Waals surface area contributed by atoms with Gasteiger partial charge in [0, 0.05) is 0 Å². The quantitative estimate of drug-likeness (QED) is 0.490. The van der Waals surface area contributed by atoms with E-state index in [4.69, 9.17) is 4.74 Å². The van der Waals surface area contributed by atoms with Crippen LogP contribution >= 0.6 is 0 Å². The third-order valence-corrected chi connectivity index (χ3v) is 1.12. The molecule has 0 N–H and O–H groups in total. The van der Waals surface area contributed by atoms with Gasteiger partial charge in [0.25, 0.3) is 0 Å². The number of esters is 1. The first kappa shape index (κ1) is 6.13. The van der Waals surface area contributed by atoms with Gasteiger partial charge in [-0.15, -0.1) is 0 Å². The summed E-state index contributed by atoms with van der Waals surface area (Å²) in [5, 5.41) is 0. The summed E-state index contributed by atoms with van der Waals surface area (Å²) in [5.41, 5.74) is 0. The second kappa shape index (κ2) is 2.53. The van der Waals surface area contributed by atoms with Crippen molar-refractivity contribution in [3.63, 3.8) is 0 Å². The van der Waals surface area contributed by atoms with E-state index in [-0.39, 0.29) is 5.97 Å². The summed E-state index contributed by atoms with van der Waals surface area (Å²) in [6.45, 7) is 1.87. The summed E-state index contributed by atoms with van der Waals surface area (Å²) in [5.74, 6) is -0.306. The molecular formula is C6H8O3. The van der Waals surface area contributed by atoms with Crippen molar-refractivity contribution in [2.75, 3.05) is 0 Å². The van der Waals surface area contributed by atoms with Crippen molar-refractivity contribution in [1.29, 1.82) is 0 Å². The van der Waals surface area contributed by atoms with Crippen molar-refractivity contribution in [2.24, 2.45) is 0 Å². The largest absolute Gasteiger partial charge is 0.483 e. The third kappa shape index (κ3) is 1.22. The van der Waals surface area contributed by atoms with Gasteiger partial charge in [-0.25, -0.2) is 4.79 Å². The van der Waals surface area contributed by atoms with Crippen LogP contribution in [0.3, 0.4) is 0 Å². The fraction of sp³-hybridized carbons (Fsp3) is 0.500. The first-order valence-electron chi connectivity index (χ1n) is 2.85. The highest BCUT2D eigenvalue weighted by molar-refractivity contribution is 5.75. The van der Waals surface area contributed by atoms with Crippen LogP contribution in [0.1, 0.15) is 13.3 Å². The van der Waals surface area contributed by atoms with Crippen LogP contribution < -0.4 is 0 Å². The van der Waals surface area contributed by atoms with Crippen molar-refractivity contribution >= 4 is 5.97 Å². The van der Waals surface area contributed by atoms with Gasteiger partial charge in [-0.2, -0.15) is 0 Å². The lowest BCUT2D eigenvalue weighted by Gasteiger charge is -2.14. The van der Waals surface area contributed by atoms with Gasteiger partial charge in [-0.3, -0.25) is 0 Å². The Kier molecular flexibility index (Phi) is 1.72. The van der Waals surface area contributed by atoms with Crippen LogP contribution in [0.5, 0.6) is 0 Å². The summed E-state index contributed by atoms with van der Waals surface area (Å²) < 4.78 is 9.42. The molecular weight excluding hydrogens is 120 g/mol. The van der Waals surface area contributed by atoms with Crippen LogP contribution in [0.4, 0.5) is 0 Å². The van der Waals surface area contributed by atoms with Gasteiger partial charge in [-0.05, 0) is 6.42 Å². The molecule has 3 nitrogen and oxygen atoms in total. The number of carbonyl (C=O) groups excluding carboxylic acids is 1. The molecule has 1 unspecified atom stereocenters. The highest BCUT2D eigenvalue weighted by atomic mass is 16.6. The molecule has 0 saturated carbocycles. The Bertz CT molecular complexity index is 139. The molecule has 50 valence electrons. The molecule has 1 rings (SSSR count). The maximum atomic E-state index is 10.6. The Hall–Kier alpha value is -0.990. The van der Waals surface area contributed by atoms with E-state index >= 15 is 0 Å². The molecule has 0 fully saturated rings. The minimum Gasteiger partial charge on any atom is -0.483 e. The predicted octanol–water partition coefficient (Wildman–Crippen LogP) is 0.810. The zero-order valence-electron chi connectivity index (χ0n) is 5.16. The summed E-state index contributed by atoms with van der Waals surface area (Å²) in [7, 11) is 0. The van der Waals surface area contributed by atoms with Gasteiger partial charge in [0.05, 0.1) is 0 Å². The molecule has 0 aromatic carbocycles. The van der Waals surface area contributed by atoms with Gasteiger partial charge in [0.2, 0.25) is 0 Å². The number of hydrogen-bond acceptors (Lipinski definition) is 3. The van der Waals surface area contributed by atoms with E-state index in [2.05, 4.69) is 4.74 Å². The summed E-state index contributed by atoms with van der Waals surface area (Å²) in [6, 6.07) is 0. The molecule has 0 spiro atoms. The summed E-state index contributed by atoms with van der Waals surface area (Å²) in [6.07, 6.45) is 2.89. The van der Waals surface area contributed by atoms with Crippen molar-refractivity contribution in [1.82, 2.24) is 0 Å². The first-order chi connectivity index (χ1) is 4.34. The average molecular weight is 128 g/mol. The van der Waals surface area contributed by atoms with Crippen LogP contribution in [0, 0.1) is 0 Å². The second-order valence-electron chi connectivity index (χ2n) is 1.74. The highest BCUT2D eigenvalue weighted by Crippen LogP contribution is 2.06. The molecule has 0 aromatic rings. The minimum absolute atomic E-state index is 0.306. The van der Waals surface area contributed by atoms with Crippen LogP contribution in [0.2, 0.25) is 0 Å². The van der Waals surface area contributed by atoms with Crippen molar-refractivity contribution in [3.8, 4) is 0 Å². The van der Waals surface area contributed by atoms with E-state index < -0.39 is 6.10 Å². The normalized spacial score (nSPS) is 25.0. The van der Waals surface area contributed by atoms with Gasteiger partial charge in [0.1, 0.15) is 12.5 Å². The van der Waals surface area contributed by atoms with Gasteiger partial charge in [-0.1, -0.05) is 6.92 Å². The molecule has 0 aliphatic carbocycles. The van der Waals surface area contributed by atoms with Crippen LogP contribution in [0.25, 0.3) is 0 Å². The molecule has 9 heavy (non-hydrogen) atoms. The summed E-state index contributed by atoms with van der Waals surface area (Å²) in [4.78, 5) is 10.6. The minimum atomic E-state index is -0.394. The van der Waals surface area contributed by atoms with Gasteiger partial charge < -0.3 is 9.47 Å². The molecule has 0 radical (unpaired) electrons. The smallest absolute Gasteiger partial charge is 0.352 e. The molecule has 1 atom stereocenters. The molecule has 0 saturated heterocycles. The highest BCUT2D eigenvalue weighted by Gasteiger charge is 2.19. The molecule has 1 aliphatic heterocycles. The molecule has 0 aromatic heterocycles. The molecule has 0 bridgehead atoms. The molecule has 3 heteroatoms. The fourth-order valence-corrected chi connectivity index (χ4v) is 0.616. The van der Waals surface area contributed by atoms with Crippen molar-refractivity contribution < 1.29 is 14.3 Å². The lowest BCUT2D eigenvalue weighted by molar-refractivity contribution is -0.151. The second-order valence-corrected chi connectivity index (χ2v) is 1.74. The van der Waals surface area contributed by atoms with Gasteiger partial charge in [0.15, 0.2) is 6.10 Å². The van der Waals surface area contributed by atoms with E-state index in [0.29, 0.717) is 6.42 Å². The van der Waals surface area contributed by atoms with Crippen molar-refractivity contribution in [3.05, 3.63) is 12.5 Å². The Morgan fingerprint density at radius 3 is 2.89 bits per heavy atom. The van der Waals surface area contributed by atoms with E-state index in [1.54, 1.807) is 0 Å². The van der Waals surface area contributed by atoms with Crippen LogP contribution in [-0.4, -0.2) is 12.1 Å². The Morgan fingerprint density at radius 2 is 2.44 bits per heavy atom. The number of hydrogen-bond donors (Lipinski definition) is 0. The number of rotatable bonds is 1. The van der Waals surface area contributed by atoms with E-state index in [0.717, 1.165) is 0 Å². The van der Waals surface area contributed by atoms with Gasteiger partial charge >= 0.3 is 5.97 Å². The SMILES string of the molecule is CCC1OC=COC1=O. The zero-order valence-corrected chi connectivity index (χ0v) is 5.16. The predicted molar refractivity (Wildman–Crippen MR) is 30.4 cm³/mol. The topological polar surface area (TPSA) is 35.5 Å². The average Bonchev–Trinajstić information content (AvgIpc) is 1.89. The maximum Gasteiger partial charge on any atom is 0.352 e. The summed E-state index contributed by atoms with van der Waals surface area (Å²) >= 11 is 0. The number of cyclic esters (lactones) is 1. The molecule has 0 amide bonds. The number of ether oxygens (including phenoxy) is 2. The maximum absolute atomic E-state index is 10.6. The molecule has 1 heterocycles. The Labute approximate surface area is 53.3 Å². The Balaban J connectivity index is 2.53. The Morgan fingerprint density at radius 1 is 1.67 bits per heavy atom. The molecule has 1 aliphatic rings. The third-order valence-electron chi connectivity index (χ3n) is 1.12. The first-order valence-corrected chi connectivity index (χ1v) is 2.85. The fourth-order valence-electron chi connectivity index (χ4n) is 0.616. The number of carbonyl (C=O) groups is 1. The standard InChI is InChI=1S/C6H8O3/c1-2-5-6(7)9-4-3-8-5/h3-5H,2H2,1H3. The van der Waals surface area contributed by atoms with E-state index in [9.17, 15) is 4.79 Å². The monoisotopic (exact) mass is 128 g/mol. The lowest BCUT2D eigenvalue weighted by atomic mass is 10.3. The lowest BCUT2D eigenvalue weighted by Crippen LogP contribution is -2.25. The van der Waals surface area contributed by atoms with Crippen LogP contribution in [0.15, 0.2) is 12.5 Å². The van der Waals surface area contributed by atoms with Crippen LogP contribution in [-0.2, 0) is 14.3 Å². The zero-order chi connectivity index (χ0) is 6.69. The van der Waals surface area contributed by atoms with E-state index in [1.165, 1.54) is 12.5 Å². The van der Waals surface area contributed by atoms with E-state index in [1.807, 2.05) is 6.92 Å². The van der Waals surface area contributed by atoms with Crippen molar-refractivity contribution in [2.45, 2.75) is 19.4 Å².